The molecule has 0 spiro atoms. The zero-order valence-corrected chi connectivity index (χ0v) is 19.7. The summed E-state index contributed by atoms with van der Waals surface area (Å²) >= 11 is 4.44. The van der Waals surface area contributed by atoms with Crippen molar-refractivity contribution < 1.29 is 14.4 Å². The number of hydrogen-bond donors (Lipinski definition) is 6. The highest BCUT2D eigenvalue weighted by atomic mass is 32.1. The summed E-state index contributed by atoms with van der Waals surface area (Å²) in [5.41, 5.74) is 9.32. The van der Waals surface area contributed by atoms with Crippen LogP contribution in [0.15, 0.2) is 35.4 Å². The van der Waals surface area contributed by atoms with Crippen molar-refractivity contribution in [2.75, 3.05) is 13.1 Å². The van der Waals surface area contributed by atoms with Crippen LogP contribution in [-0.4, -0.2) is 47.8 Å². The Morgan fingerprint density at radius 2 is 1.76 bits per heavy atom. The van der Waals surface area contributed by atoms with E-state index in [1.54, 1.807) is 4.90 Å². The highest BCUT2D eigenvalue weighted by molar-refractivity contribution is 7.84. The summed E-state index contributed by atoms with van der Waals surface area (Å²) in [5, 5.41) is 5.88. The predicted octanol–water partition coefficient (Wildman–Crippen LogP) is 0.837. The van der Waals surface area contributed by atoms with Crippen LogP contribution in [0.5, 0.6) is 0 Å². The van der Waals surface area contributed by atoms with Gasteiger partial charge in [0.25, 0.3) is 0 Å². The number of hydrazine groups is 1. The van der Waals surface area contributed by atoms with Crippen molar-refractivity contribution in [1.82, 2.24) is 21.0 Å². The number of carbonyl (C=O) groups excluding carboxylic acids is 3. The number of nitrogens with one attached hydrogen (secondary N) is 3. The van der Waals surface area contributed by atoms with Crippen LogP contribution in [0.1, 0.15) is 50.5 Å². The normalized spacial score (nSPS) is 20.6. The first-order valence-electron chi connectivity index (χ1n) is 11.5. The van der Waals surface area contributed by atoms with Gasteiger partial charge in [0.15, 0.2) is 0 Å². The Morgan fingerprint density at radius 3 is 2.39 bits per heavy atom. The molecule has 1 saturated heterocycles. The molecule has 1 aromatic rings. The molecule has 3 amide bonds. The van der Waals surface area contributed by atoms with E-state index in [9.17, 15) is 14.4 Å². The molecule has 1 heterocycles. The Morgan fingerprint density at radius 1 is 1.06 bits per heavy atom. The number of likely N-dealkylation sites (tertiary alicyclic amines) is 1. The lowest BCUT2D eigenvalue weighted by Crippen LogP contribution is -2.56. The molecule has 1 aliphatic heterocycles. The third-order valence-corrected chi connectivity index (χ3v) is 6.75. The first-order valence-corrected chi connectivity index (χ1v) is 12.0. The van der Waals surface area contributed by atoms with Crippen molar-refractivity contribution in [2.24, 2.45) is 17.5 Å². The monoisotopic (exact) mass is 474 g/mol. The van der Waals surface area contributed by atoms with Gasteiger partial charge in [0, 0.05) is 12.1 Å². The second kappa shape index (κ2) is 12.1. The van der Waals surface area contributed by atoms with Crippen molar-refractivity contribution in [1.29, 1.82) is 0 Å². The Kier molecular flexibility index (Phi) is 9.16. The van der Waals surface area contributed by atoms with E-state index in [2.05, 4.69) is 28.7 Å². The Bertz CT molecular complexity index is 872. The van der Waals surface area contributed by atoms with Gasteiger partial charge in [0.1, 0.15) is 12.1 Å². The average Bonchev–Trinajstić information content (AvgIpc) is 3.34. The van der Waals surface area contributed by atoms with E-state index >= 15 is 0 Å². The summed E-state index contributed by atoms with van der Waals surface area (Å²) in [7, 11) is 0. The Hall–Kier alpha value is -2.56. The van der Waals surface area contributed by atoms with Crippen molar-refractivity contribution in [2.45, 2.75) is 57.0 Å². The lowest BCUT2D eigenvalue weighted by molar-refractivity contribution is -0.142. The molecule has 2 atom stereocenters. The Balaban J connectivity index is 1.76. The topological polar surface area (TPSA) is 143 Å². The summed E-state index contributed by atoms with van der Waals surface area (Å²) in [6.07, 6.45) is 6.18. The molecule has 0 radical (unpaired) electrons. The molecule has 0 bridgehead atoms. The van der Waals surface area contributed by atoms with Crippen molar-refractivity contribution >= 4 is 36.0 Å². The number of nitrogens with two attached hydrogens (primary N) is 2. The molecule has 9 nitrogen and oxygen atoms in total. The van der Waals surface area contributed by atoms with Gasteiger partial charge in [-0.1, -0.05) is 49.6 Å². The largest absolute Gasteiger partial charge is 0.343 e. The zero-order valence-electron chi connectivity index (χ0n) is 18.8. The van der Waals surface area contributed by atoms with Crippen LogP contribution in [-0.2, 0) is 14.4 Å². The molecule has 2 aliphatic rings. The fraction of sp³-hybridized carbons (Fsp3) is 0.522. The molecule has 180 valence electrons. The number of rotatable bonds is 8. The number of thiol groups is 1. The lowest BCUT2D eigenvalue weighted by Gasteiger charge is -2.34. The quantitative estimate of drug-likeness (QED) is 0.187. The average molecular weight is 475 g/mol. The SMILES string of the molecule is NCC(=O)NC(C(=O)N1CCCC1C(=O)N/C(S)=C(/NN)c1ccccc1)C1CCCCC1. The minimum Gasteiger partial charge on any atom is -0.343 e. The van der Waals surface area contributed by atoms with E-state index in [4.69, 9.17) is 11.6 Å². The fourth-order valence-electron chi connectivity index (χ4n) is 4.72. The standard InChI is InChI=1S/C23H34N6O3S/c24-14-18(30)26-20(16-10-5-2-6-11-16)23(32)29-13-7-12-17(29)21(31)27-22(33)19(28-25)15-8-3-1-4-9-15/h1,3-4,8-9,16-17,20,28,33H,2,5-7,10-14,24-25H2,(H,26,30)(H,27,31)/b22-19-. The molecule has 10 heteroatoms. The number of hydrogen-bond acceptors (Lipinski definition) is 7. The van der Waals surface area contributed by atoms with Gasteiger partial charge in [0.2, 0.25) is 17.7 Å². The third kappa shape index (κ3) is 6.27. The van der Waals surface area contributed by atoms with E-state index < -0.39 is 12.1 Å². The van der Waals surface area contributed by atoms with E-state index in [1.807, 2.05) is 30.3 Å². The van der Waals surface area contributed by atoms with Crippen molar-refractivity contribution in [3.05, 3.63) is 40.9 Å². The smallest absolute Gasteiger partial charge is 0.247 e. The molecular formula is C23H34N6O3S. The van der Waals surface area contributed by atoms with Crippen LogP contribution in [0.25, 0.3) is 5.70 Å². The fourth-order valence-corrected chi connectivity index (χ4v) is 5.02. The van der Waals surface area contributed by atoms with E-state index in [1.165, 1.54) is 0 Å². The number of amides is 3. The minimum absolute atomic E-state index is 0.0533. The minimum atomic E-state index is -0.661. The molecule has 3 rings (SSSR count). The van der Waals surface area contributed by atoms with Gasteiger partial charge in [-0.3, -0.25) is 20.2 Å². The summed E-state index contributed by atoms with van der Waals surface area (Å²) < 4.78 is 0. The van der Waals surface area contributed by atoms with Crippen LogP contribution >= 0.6 is 12.6 Å². The molecule has 33 heavy (non-hydrogen) atoms. The second-order valence-electron chi connectivity index (χ2n) is 8.56. The van der Waals surface area contributed by atoms with Gasteiger partial charge in [-0.25, -0.2) is 0 Å². The van der Waals surface area contributed by atoms with Crippen molar-refractivity contribution in [3.63, 3.8) is 0 Å². The molecule has 1 aliphatic carbocycles. The lowest BCUT2D eigenvalue weighted by atomic mass is 9.83. The number of benzene rings is 1. The summed E-state index contributed by atoms with van der Waals surface area (Å²) in [6.45, 7) is 0.285. The maximum Gasteiger partial charge on any atom is 0.247 e. The highest BCUT2D eigenvalue weighted by Gasteiger charge is 2.40. The van der Waals surface area contributed by atoms with Crippen LogP contribution in [0.3, 0.4) is 0 Å². The van der Waals surface area contributed by atoms with Crippen molar-refractivity contribution in [3.8, 4) is 0 Å². The molecule has 1 aromatic carbocycles. The summed E-state index contributed by atoms with van der Waals surface area (Å²) in [6, 6.07) is 7.97. The van der Waals surface area contributed by atoms with E-state index in [0.717, 1.165) is 37.7 Å². The maximum atomic E-state index is 13.5. The molecule has 0 aromatic heterocycles. The number of nitrogens with zero attached hydrogens (tertiary/aromatic N) is 1. The number of carbonyl (C=O) groups is 3. The summed E-state index contributed by atoms with van der Waals surface area (Å²) in [5.74, 6) is 4.81. The summed E-state index contributed by atoms with van der Waals surface area (Å²) in [4.78, 5) is 40.3. The van der Waals surface area contributed by atoms with E-state index in [0.29, 0.717) is 25.1 Å². The van der Waals surface area contributed by atoms with Crippen LogP contribution in [0, 0.1) is 5.92 Å². The van der Waals surface area contributed by atoms with Gasteiger partial charge >= 0.3 is 0 Å². The second-order valence-corrected chi connectivity index (χ2v) is 9.01. The van der Waals surface area contributed by atoms with Crippen LogP contribution < -0.4 is 27.6 Å². The molecule has 1 saturated carbocycles. The molecule has 7 N–H and O–H groups in total. The molecule has 2 unspecified atom stereocenters. The van der Waals surface area contributed by atoms with E-state index in [-0.39, 0.29) is 35.2 Å². The van der Waals surface area contributed by atoms with Crippen LogP contribution in [0.2, 0.25) is 0 Å². The molecule has 2 fully saturated rings. The van der Waals surface area contributed by atoms with Gasteiger partial charge < -0.3 is 26.7 Å². The van der Waals surface area contributed by atoms with Gasteiger partial charge in [-0.15, -0.1) is 12.6 Å². The Labute approximate surface area is 200 Å². The zero-order chi connectivity index (χ0) is 23.8. The first-order chi connectivity index (χ1) is 16.0. The van der Waals surface area contributed by atoms with Gasteiger partial charge in [0.05, 0.1) is 17.3 Å². The third-order valence-electron chi connectivity index (χ3n) is 6.41. The van der Waals surface area contributed by atoms with Gasteiger partial charge in [-0.2, -0.15) is 0 Å². The molecular weight excluding hydrogens is 440 g/mol. The first kappa shape index (κ1) is 25.1. The predicted molar refractivity (Wildman–Crippen MR) is 130 cm³/mol. The maximum absolute atomic E-state index is 13.5. The van der Waals surface area contributed by atoms with Crippen LogP contribution in [0.4, 0.5) is 0 Å². The highest BCUT2D eigenvalue weighted by Crippen LogP contribution is 2.29. The van der Waals surface area contributed by atoms with Gasteiger partial charge in [-0.05, 0) is 31.6 Å².